The van der Waals surface area contributed by atoms with E-state index in [4.69, 9.17) is 25.8 Å². The fourth-order valence-corrected chi connectivity index (χ4v) is 10.7. The van der Waals surface area contributed by atoms with E-state index in [1.165, 1.54) is 11.1 Å². The fourth-order valence-electron chi connectivity index (χ4n) is 8.63. The molecule has 2 aromatic carbocycles. The Balaban J connectivity index is 1.27. The van der Waals surface area contributed by atoms with Crippen LogP contribution in [0, 0.1) is 17.8 Å². The van der Waals surface area contributed by atoms with Crippen LogP contribution in [0.3, 0.4) is 0 Å². The molecular weight excluding hydrogens is 676 g/mol. The number of halogens is 1. The number of hydrogen-bond donors (Lipinski definition) is 2. The highest BCUT2D eigenvalue weighted by Gasteiger charge is 2.44. The van der Waals surface area contributed by atoms with Crippen LogP contribution in [-0.4, -0.2) is 74.1 Å². The largest absolute Gasteiger partial charge is 0.490 e. The molecular formula is C38H49ClN4O6S. The number of benzene rings is 2. The lowest BCUT2D eigenvalue weighted by Gasteiger charge is -2.46. The van der Waals surface area contributed by atoms with Crippen LogP contribution in [0.5, 0.6) is 5.75 Å². The average Bonchev–Trinajstić information content (AvgIpc) is 3.20. The van der Waals surface area contributed by atoms with Gasteiger partial charge in [0.05, 0.1) is 36.3 Å². The summed E-state index contributed by atoms with van der Waals surface area (Å²) in [5.41, 5.74) is 3.42. The van der Waals surface area contributed by atoms with Crippen LogP contribution < -0.4 is 19.7 Å². The maximum Gasteiger partial charge on any atom is 0.327 e. The summed E-state index contributed by atoms with van der Waals surface area (Å²) < 4.78 is 39.4. The van der Waals surface area contributed by atoms with Crippen molar-refractivity contribution in [1.29, 1.82) is 0 Å². The first-order chi connectivity index (χ1) is 24.1. The minimum atomic E-state index is -3.49. The number of methoxy groups -OCH3 is 2. The Labute approximate surface area is 300 Å². The Morgan fingerprint density at radius 2 is 1.98 bits per heavy atom. The third kappa shape index (κ3) is 7.16. The number of carbonyl (C=O) groups is 2. The molecule has 0 saturated heterocycles. The lowest BCUT2D eigenvalue weighted by molar-refractivity contribution is 0.0111. The molecule has 2 aliphatic heterocycles. The molecule has 1 unspecified atom stereocenters. The van der Waals surface area contributed by atoms with E-state index in [-0.39, 0.29) is 35.3 Å². The zero-order valence-electron chi connectivity index (χ0n) is 29.2. The monoisotopic (exact) mass is 724 g/mol. The Hall–Kier alpha value is -3.12. The molecule has 3 amide bonds. The second-order valence-electron chi connectivity index (χ2n) is 15.0. The highest BCUT2D eigenvalue weighted by molar-refractivity contribution is 7.92. The van der Waals surface area contributed by atoms with Crippen molar-refractivity contribution in [2.24, 2.45) is 22.1 Å². The predicted octanol–water partition coefficient (Wildman–Crippen LogP) is 6.45. The predicted molar refractivity (Wildman–Crippen MR) is 195 cm³/mol. The normalized spacial score (nSPS) is 34.4. The fraction of sp³-hybridized carbons (Fsp3) is 0.579. The van der Waals surface area contributed by atoms with Crippen molar-refractivity contribution < 1.29 is 28.0 Å². The quantitative estimate of drug-likeness (QED) is 0.348. The van der Waals surface area contributed by atoms with Crippen molar-refractivity contribution in [3.05, 3.63) is 70.3 Å². The van der Waals surface area contributed by atoms with Gasteiger partial charge in [0.1, 0.15) is 15.7 Å². The van der Waals surface area contributed by atoms with E-state index in [1.807, 2.05) is 25.1 Å². The number of allylic oxidation sites excluding steroid dienone is 1. The Morgan fingerprint density at radius 3 is 2.72 bits per heavy atom. The van der Waals surface area contributed by atoms with Gasteiger partial charge >= 0.3 is 6.03 Å². The molecule has 2 saturated carbocycles. The smallest absolute Gasteiger partial charge is 0.327 e. The first-order valence-corrected chi connectivity index (χ1v) is 20.1. The van der Waals surface area contributed by atoms with Crippen LogP contribution >= 0.6 is 11.6 Å². The minimum Gasteiger partial charge on any atom is -0.490 e. The van der Waals surface area contributed by atoms with Crippen molar-refractivity contribution >= 4 is 39.1 Å². The molecule has 270 valence electrons. The molecule has 3 aliphatic carbocycles. The van der Waals surface area contributed by atoms with Gasteiger partial charge < -0.3 is 24.4 Å². The number of ether oxygens (including phenoxy) is 3. The maximum absolute atomic E-state index is 14.4. The van der Waals surface area contributed by atoms with Crippen LogP contribution in [0.1, 0.15) is 73.4 Å². The summed E-state index contributed by atoms with van der Waals surface area (Å²) in [5.74, 6) is 0.699. The van der Waals surface area contributed by atoms with Gasteiger partial charge in [-0.1, -0.05) is 36.7 Å². The van der Waals surface area contributed by atoms with E-state index in [2.05, 4.69) is 43.6 Å². The number of nitrogens with one attached hydrogen (secondary N) is 2. The summed E-state index contributed by atoms with van der Waals surface area (Å²) >= 11 is 6.45. The summed E-state index contributed by atoms with van der Waals surface area (Å²) in [4.78, 5) is 29.5. The topological polar surface area (TPSA) is 119 Å². The molecule has 2 fully saturated rings. The lowest BCUT2D eigenvalue weighted by Crippen LogP contribution is -2.54. The van der Waals surface area contributed by atoms with E-state index >= 15 is 0 Å². The zero-order chi connectivity index (χ0) is 35.0. The number of carbonyl (C=O) groups excluding carboxylic acids is 2. The van der Waals surface area contributed by atoms with Crippen molar-refractivity contribution in [3.63, 3.8) is 0 Å². The van der Waals surface area contributed by atoms with Crippen molar-refractivity contribution in [1.82, 2.24) is 10.0 Å². The number of aryl methyl sites for hydroxylation is 1. The number of rotatable bonds is 4. The van der Waals surface area contributed by atoms with Crippen LogP contribution in [0.2, 0.25) is 5.02 Å². The molecule has 2 heterocycles. The molecule has 0 radical (unpaired) electrons. The second-order valence-corrected chi connectivity index (χ2v) is 17.4. The Bertz CT molecular complexity index is 1780. The average molecular weight is 725 g/mol. The molecule has 2 bridgehead atoms. The highest BCUT2D eigenvalue weighted by Crippen LogP contribution is 2.47. The highest BCUT2D eigenvalue weighted by atomic mass is 35.5. The van der Waals surface area contributed by atoms with E-state index in [0.717, 1.165) is 68.7 Å². The molecule has 12 heteroatoms. The zero-order valence-corrected chi connectivity index (χ0v) is 30.8. The second kappa shape index (κ2) is 14.5. The van der Waals surface area contributed by atoms with Gasteiger partial charge in [-0.05, 0) is 111 Å². The molecule has 8 atom stereocenters. The van der Waals surface area contributed by atoms with E-state index in [0.29, 0.717) is 36.2 Å². The summed E-state index contributed by atoms with van der Waals surface area (Å²) in [5, 5.41) is 3.60. The molecule has 1 spiro atoms. The molecule has 2 N–H and O–H groups in total. The molecule has 2 aromatic rings. The van der Waals surface area contributed by atoms with Crippen LogP contribution in [0.25, 0.3) is 0 Å². The number of amides is 3. The van der Waals surface area contributed by atoms with E-state index in [1.54, 1.807) is 20.3 Å². The SMILES string of the molecule is CO[C@H]1/C=C\C[C@H](C)CS(=O)(NC(=O)N[C@@H]2CC[C@H]2OC)=NC(=O)c2ccc3c(c2)N(C[C@@H]2CC[C@H]21)C[C@@]1(CCCc2cc(Cl)ccc21)CO3. The number of fused-ring (bicyclic) bond motifs is 4. The van der Waals surface area contributed by atoms with Crippen LogP contribution in [0.15, 0.2) is 52.9 Å². The standard InChI is InChI=1S/C38H49ClN4O6S/c1-24-6-4-8-33(47-2)29-12-9-27(29)20-43-22-38(17-5-7-25-18-28(39)11-13-30(25)38)23-49-35-15-10-26(19-32(35)43)36(44)41-50(46,21-24)42-37(45)40-31-14-16-34(31)48-3/h4,8,10-11,13,15,18-19,24,27,29,31,33-34H,5-7,9,12,14,16-17,20-23H2,1-3H3,(H2,40,41,42,44,45,46)/b8-4-/t24-,27-,29+,31+,33-,34+,38-,50?/m0/s1. The van der Waals surface area contributed by atoms with Crippen LogP contribution in [-0.2, 0) is 31.2 Å². The molecule has 5 aliphatic rings. The van der Waals surface area contributed by atoms with Gasteiger partial charge in [-0.25, -0.2) is 9.00 Å². The van der Waals surface area contributed by atoms with Gasteiger partial charge in [0.15, 0.2) is 0 Å². The Kier molecular flexibility index (Phi) is 10.2. The summed E-state index contributed by atoms with van der Waals surface area (Å²) in [6.45, 7) is 3.97. The molecule has 7 rings (SSSR count). The van der Waals surface area contributed by atoms with Gasteiger partial charge in [0.25, 0.3) is 5.91 Å². The first-order valence-electron chi connectivity index (χ1n) is 18.0. The number of hydrogen-bond acceptors (Lipinski definition) is 7. The minimum absolute atomic E-state index is 0.0185. The molecule has 0 aromatic heterocycles. The number of anilines is 1. The maximum atomic E-state index is 14.4. The van der Waals surface area contributed by atoms with Gasteiger partial charge in [0, 0.05) is 43.3 Å². The number of nitrogens with zero attached hydrogens (tertiary/aromatic N) is 2. The molecule has 50 heavy (non-hydrogen) atoms. The van der Waals surface area contributed by atoms with Crippen molar-refractivity contribution in [2.45, 2.75) is 82.0 Å². The Morgan fingerprint density at radius 1 is 1.12 bits per heavy atom. The lowest BCUT2D eigenvalue weighted by atomic mass is 9.68. The third-order valence-electron chi connectivity index (χ3n) is 11.6. The first kappa shape index (κ1) is 35.3. The molecule has 10 nitrogen and oxygen atoms in total. The van der Waals surface area contributed by atoms with Crippen LogP contribution in [0.4, 0.5) is 10.5 Å². The van der Waals surface area contributed by atoms with E-state index in [9.17, 15) is 13.8 Å². The number of urea groups is 1. The van der Waals surface area contributed by atoms with Gasteiger partial charge in [-0.3, -0.25) is 9.52 Å². The van der Waals surface area contributed by atoms with Gasteiger partial charge in [0.2, 0.25) is 0 Å². The summed E-state index contributed by atoms with van der Waals surface area (Å²) in [6, 6.07) is 10.8. The summed E-state index contributed by atoms with van der Waals surface area (Å²) in [6.07, 6.45) is 11.4. The van der Waals surface area contributed by atoms with Crippen molar-refractivity contribution in [3.8, 4) is 5.75 Å². The van der Waals surface area contributed by atoms with Gasteiger partial charge in [-0.2, -0.15) is 0 Å². The summed E-state index contributed by atoms with van der Waals surface area (Å²) in [7, 11) is -0.119. The van der Waals surface area contributed by atoms with Crippen molar-refractivity contribution in [2.75, 3.05) is 44.6 Å². The van der Waals surface area contributed by atoms with E-state index < -0.39 is 21.9 Å². The van der Waals surface area contributed by atoms with Gasteiger partial charge in [-0.15, -0.1) is 4.36 Å². The third-order valence-corrected chi connectivity index (χ3v) is 13.8.